The maximum atomic E-state index is 11.9. The third-order valence-electron chi connectivity index (χ3n) is 2.96. The van der Waals surface area contributed by atoms with E-state index in [1.54, 1.807) is 0 Å². The number of nitrogens with one attached hydrogen (secondary N) is 1. The average Bonchev–Trinajstić information content (AvgIpc) is 2.37. The summed E-state index contributed by atoms with van der Waals surface area (Å²) < 4.78 is 10.8. The van der Waals surface area contributed by atoms with Crippen LogP contribution in [0.4, 0.5) is 0 Å². The Bertz CT molecular complexity index is 291. The van der Waals surface area contributed by atoms with Crippen LogP contribution in [-0.2, 0) is 19.1 Å². The quantitative estimate of drug-likeness (QED) is 0.797. The van der Waals surface area contributed by atoms with Gasteiger partial charge in [-0.1, -0.05) is 13.8 Å². The van der Waals surface area contributed by atoms with Crippen molar-refractivity contribution >= 4 is 11.6 Å². The van der Waals surface area contributed by atoms with Crippen LogP contribution in [0.5, 0.6) is 0 Å². The highest BCUT2D eigenvalue weighted by molar-refractivity contribution is 5.87. The van der Waals surface area contributed by atoms with Crippen molar-refractivity contribution in [2.75, 3.05) is 26.4 Å². The van der Waals surface area contributed by atoms with Crippen LogP contribution in [0.1, 0.15) is 27.2 Å². The van der Waals surface area contributed by atoms with Crippen LogP contribution in [0.25, 0.3) is 0 Å². The number of ether oxygens (including phenoxy) is 2. The zero-order valence-electron chi connectivity index (χ0n) is 11.4. The molecule has 104 valence electrons. The van der Waals surface area contributed by atoms with Gasteiger partial charge in [-0.15, -0.1) is 0 Å². The molecule has 5 nitrogen and oxygen atoms in total. The monoisotopic (exact) mass is 257 g/mol. The van der Waals surface area contributed by atoms with E-state index in [1.807, 2.05) is 20.8 Å². The van der Waals surface area contributed by atoms with Crippen LogP contribution in [0, 0.1) is 5.92 Å². The van der Waals surface area contributed by atoms with Crippen molar-refractivity contribution in [3.05, 3.63) is 0 Å². The summed E-state index contributed by atoms with van der Waals surface area (Å²) in [6, 6.07) is -0.306. The zero-order chi connectivity index (χ0) is 13.5. The van der Waals surface area contributed by atoms with Gasteiger partial charge in [0, 0.05) is 13.0 Å². The molecule has 1 N–H and O–H groups in total. The van der Waals surface area contributed by atoms with E-state index in [0.717, 1.165) is 0 Å². The summed E-state index contributed by atoms with van der Waals surface area (Å²) in [4.78, 5) is 23.7. The number of hydrogen-bond donors (Lipinski definition) is 1. The molecule has 2 atom stereocenters. The molecule has 1 heterocycles. The second-order valence-electron chi connectivity index (χ2n) is 4.90. The molecular weight excluding hydrogens is 234 g/mol. The lowest BCUT2D eigenvalue weighted by Gasteiger charge is -2.19. The van der Waals surface area contributed by atoms with E-state index in [1.165, 1.54) is 0 Å². The molecule has 0 aromatic rings. The number of ketones is 2. The Hall–Kier alpha value is -0.780. The summed E-state index contributed by atoms with van der Waals surface area (Å²) in [5.74, 6) is 0.207. The van der Waals surface area contributed by atoms with Gasteiger partial charge in [0.25, 0.3) is 0 Å². The van der Waals surface area contributed by atoms with Crippen molar-refractivity contribution < 1.29 is 19.1 Å². The third-order valence-corrected chi connectivity index (χ3v) is 2.96. The molecule has 1 saturated heterocycles. The minimum absolute atomic E-state index is 0.00111. The normalized spacial score (nSPS) is 26.9. The molecule has 0 saturated carbocycles. The molecule has 2 unspecified atom stereocenters. The molecule has 0 radical (unpaired) electrons. The van der Waals surface area contributed by atoms with Gasteiger partial charge in [-0.05, 0) is 12.8 Å². The van der Waals surface area contributed by atoms with Gasteiger partial charge in [0.15, 0.2) is 5.78 Å². The molecule has 0 aromatic heterocycles. The Morgan fingerprint density at radius 2 is 2.17 bits per heavy atom. The number of Topliss-reactive ketones (excluding diaryl/α,β-unsaturated/α-hetero) is 2. The molecule has 0 amide bonds. The number of carbonyl (C=O) groups is 2. The molecule has 1 fully saturated rings. The Labute approximate surface area is 108 Å². The van der Waals surface area contributed by atoms with E-state index in [0.29, 0.717) is 19.6 Å². The van der Waals surface area contributed by atoms with Crippen molar-refractivity contribution in [1.29, 1.82) is 0 Å². The first kappa shape index (κ1) is 15.3. The van der Waals surface area contributed by atoms with E-state index in [9.17, 15) is 9.59 Å². The van der Waals surface area contributed by atoms with Crippen LogP contribution in [0.3, 0.4) is 0 Å². The molecule has 1 aliphatic heterocycles. The van der Waals surface area contributed by atoms with E-state index < -0.39 is 0 Å². The number of carbonyl (C=O) groups excluding carboxylic acids is 2. The van der Waals surface area contributed by atoms with E-state index in [-0.39, 0.29) is 42.8 Å². The highest BCUT2D eigenvalue weighted by atomic mass is 16.5. The van der Waals surface area contributed by atoms with Gasteiger partial charge in [-0.3, -0.25) is 9.59 Å². The third kappa shape index (κ3) is 4.84. The van der Waals surface area contributed by atoms with Crippen LogP contribution in [0.15, 0.2) is 0 Å². The second-order valence-corrected chi connectivity index (χ2v) is 4.90. The molecule has 0 bridgehead atoms. The van der Waals surface area contributed by atoms with E-state index >= 15 is 0 Å². The Morgan fingerprint density at radius 1 is 1.44 bits per heavy atom. The predicted molar refractivity (Wildman–Crippen MR) is 67.5 cm³/mol. The van der Waals surface area contributed by atoms with Crippen LogP contribution >= 0.6 is 0 Å². The van der Waals surface area contributed by atoms with Gasteiger partial charge in [-0.2, -0.15) is 0 Å². The fourth-order valence-electron chi connectivity index (χ4n) is 1.98. The van der Waals surface area contributed by atoms with Crippen molar-refractivity contribution in [1.82, 2.24) is 5.32 Å². The topological polar surface area (TPSA) is 64.6 Å². The highest BCUT2D eigenvalue weighted by Crippen LogP contribution is 2.09. The van der Waals surface area contributed by atoms with Gasteiger partial charge < -0.3 is 14.8 Å². The molecule has 0 aliphatic carbocycles. The molecular formula is C13H23NO4. The molecule has 1 rings (SSSR count). The smallest absolute Gasteiger partial charge is 0.175 e. The van der Waals surface area contributed by atoms with Gasteiger partial charge >= 0.3 is 0 Å². The summed E-state index contributed by atoms with van der Waals surface area (Å²) >= 11 is 0. The minimum Gasteiger partial charge on any atom is -0.379 e. The maximum absolute atomic E-state index is 11.9. The van der Waals surface area contributed by atoms with E-state index in [4.69, 9.17) is 9.47 Å². The van der Waals surface area contributed by atoms with Gasteiger partial charge in [0.2, 0.25) is 0 Å². The molecule has 1 aliphatic rings. The SMILES string of the molecule is CCOCC1CC(=O)CNC(C(C)C)C(=O)CO1. The lowest BCUT2D eigenvalue weighted by Crippen LogP contribution is -2.44. The summed E-state index contributed by atoms with van der Waals surface area (Å²) in [6.07, 6.45) is -0.0143. The van der Waals surface area contributed by atoms with Gasteiger partial charge in [0.1, 0.15) is 12.4 Å². The minimum atomic E-state index is -0.311. The van der Waals surface area contributed by atoms with Crippen LogP contribution in [0.2, 0.25) is 0 Å². The fourth-order valence-corrected chi connectivity index (χ4v) is 1.98. The maximum Gasteiger partial charge on any atom is 0.175 e. The molecule has 0 spiro atoms. The highest BCUT2D eigenvalue weighted by Gasteiger charge is 2.26. The van der Waals surface area contributed by atoms with Crippen molar-refractivity contribution in [3.8, 4) is 0 Å². The standard InChI is InChI=1S/C13H23NO4/c1-4-17-7-11-5-10(15)6-14-13(9(2)3)12(16)8-18-11/h9,11,13-14H,4-8H2,1-3H3. The first-order chi connectivity index (χ1) is 8.54. The fraction of sp³-hybridized carbons (Fsp3) is 0.846. The zero-order valence-corrected chi connectivity index (χ0v) is 11.4. The summed E-state index contributed by atoms with van der Waals surface area (Å²) in [5, 5.41) is 3.02. The first-order valence-electron chi connectivity index (χ1n) is 6.51. The summed E-state index contributed by atoms with van der Waals surface area (Å²) in [7, 11) is 0. The largest absolute Gasteiger partial charge is 0.379 e. The Morgan fingerprint density at radius 3 is 2.78 bits per heavy atom. The molecule has 18 heavy (non-hydrogen) atoms. The number of hydrogen-bond acceptors (Lipinski definition) is 5. The first-order valence-corrected chi connectivity index (χ1v) is 6.51. The second kappa shape index (κ2) is 7.61. The molecule has 0 aromatic carbocycles. The summed E-state index contributed by atoms with van der Waals surface area (Å²) in [5.41, 5.74) is 0. The predicted octanol–water partition coefficient (Wildman–Crippen LogP) is 0.564. The van der Waals surface area contributed by atoms with Crippen LogP contribution < -0.4 is 5.32 Å². The van der Waals surface area contributed by atoms with Crippen molar-refractivity contribution in [3.63, 3.8) is 0 Å². The lowest BCUT2D eigenvalue weighted by molar-refractivity contribution is -0.131. The Kier molecular flexibility index (Phi) is 6.46. The summed E-state index contributed by atoms with van der Waals surface area (Å²) in [6.45, 7) is 7.00. The number of rotatable bonds is 4. The van der Waals surface area contributed by atoms with Crippen molar-refractivity contribution in [2.24, 2.45) is 5.92 Å². The van der Waals surface area contributed by atoms with Crippen LogP contribution in [-0.4, -0.2) is 50.1 Å². The van der Waals surface area contributed by atoms with Gasteiger partial charge in [0.05, 0.1) is 25.3 Å². The Balaban J connectivity index is 2.62. The lowest BCUT2D eigenvalue weighted by atomic mass is 10.0. The van der Waals surface area contributed by atoms with E-state index in [2.05, 4.69) is 5.32 Å². The van der Waals surface area contributed by atoms with Crippen molar-refractivity contribution in [2.45, 2.75) is 39.3 Å². The average molecular weight is 257 g/mol. The van der Waals surface area contributed by atoms with Gasteiger partial charge in [-0.25, -0.2) is 0 Å². The molecule has 5 heteroatoms.